The Kier molecular flexibility index (Phi) is 9.24. The van der Waals surface area contributed by atoms with Gasteiger partial charge in [0.15, 0.2) is 5.56 Å². The average Bonchev–Trinajstić information content (AvgIpc) is 2.96. The highest BCUT2D eigenvalue weighted by molar-refractivity contribution is 6.19. The molecule has 23 heavy (non-hydrogen) atoms. The predicted molar refractivity (Wildman–Crippen MR) is 85.0 cm³/mol. The van der Waals surface area contributed by atoms with Crippen molar-refractivity contribution in [1.29, 1.82) is 0 Å². The molecule has 1 fully saturated rings. The number of likely N-dealkylation sites (tertiary alicyclic amines) is 1. The van der Waals surface area contributed by atoms with E-state index in [2.05, 4.69) is 10.0 Å². The number of rotatable bonds is 9. The fourth-order valence-corrected chi connectivity index (χ4v) is 2.47. The normalized spacial score (nSPS) is 18.2. The number of alkyl halides is 1. The number of hydrogen-bond acceptors (Lipinski definition) is 5. The molecule has 0 radical (unpaired) electrons. The standard InChI is InChI=1S/C14H23ClN4O4/c1-11(15)23-14(21)19-9-5-6-12(19)10-22-13(20)7-3-2-4-8-17-18-16/h11-12H,2-10H2,1H3/t11?,12-/m0/s1. The van der Waals surface area contributed by atoms with Crippen LogP contribution in [0.15, 0.2) is 5.11 Å². The SMILES string of the molecule is CC(Cl)OC(=O)N1CCC[C@H]1COC(=O)CCCCCN=[N+]=[N-]. The number of nitrogens with zero attached hydrogens (tertiary/aromatic N) is 4. The van der Waals surface area contributed by atoms with Crippen LogP contribution in [0.4, 0.5) is 4.79 Å². The molecule has 0 aromatic heterocycles. The summed E-state index contributed by atoms with van der Waals surface area (Å²) in [4.78, 5) is 27.8. The summed E-state index contributed by atoms with van der Waals surface area (Å²) in [5, 5.41) is 3.43. The summed E-state index contributed by atoms with van der Waals surface area (Å²) in [6, 6.07) is -0.146. The van der Waals surface area contributed by atoms with Crippen LogP contribution in [-0.4, -0.2) is 48.3 Å². The van der Waals surface area contributed by atoms with Crippen molar-refractivity contribution in [3.05, 3.63) is 10.4 Å². The first kappa shape index (κ1) is 19.4. The first-order valence-electron chi connectivity index (χ1n) is 7.82. The van der Waals surface area contributed by atoms with Gasteiger partial charge in [-0.3, -0.25) is 4.79 Å². The molecule has 0 aromatic rings. The lowest BCUT2D eigenvalue weighted by atomic mass is 10.2. The van der Waals surface area contributed by atoms with Crippen molar-refractivity contribution in [3.8, 4) is 0 Å². The highest BCUT2D eigenvalue weighted by atomic mass is 35.5. The van der Waals surface area contributed by atoms with E-state index in [4.69, 9.17) is 26.6 Å². The lowest BCUT2D eigenvalue weighted by Gasteiger charge is -2.24. The Labute approximate surface area is 140 Å². The van der Waals surface area contributed by atoms with E-state index in [0.29, 0.717) is 25.9 Å². The quantitative estimate of drug-likeness (QED) is 0.159. The maximum Gasteiger partial charge on any atom is 0.411 e. The Hall–Kier alpha value is -1.66. The van der Waals surface area contributed by atoms with Crippen molar-refractivity contribution in [3.63, 3.8) is 0 Å². The molecule has 1 amide bonds. The summed E-state index contributed by atoms with van der Waals surface area (Å²) in [5.74, 6) is -0.278. The average molecular weight is 347 g/mol. The van der Waals surface area contributed by atoms with Gasteiger partial charge in [0.1, 0.15) is 6.61 Å². The van der Waals surface area contributed by atoms with Crippen LogP contribution in [0.25, 0.3) is 10.4 Å². The van der Waals surface area contributed by atoms with Crippen LogP contribution in [-0.2, 0) is 14.3 Å². The van der Waals surface area contributed by atoms with E-state index < -0.39 is 11.7 Å². The summed E-state index contributed by atoms with van der Waals surface area (Å²) < 4.78 is 10.2. The molecule has 0 aliphatic carbocycles. The van der Waals surface area contributed by atoms with E-state index in [1.165, 1.54) is 0 Å². The first-order chi connectivity index (χ1) is 11.0. The fourth-order valence-electron chi connectivity index (χ4n) is 2.39. The largest absolute Gasteiger partial charge is 0.463 e. The number of halogens is 1. The van der Waals surface area contributed by atoms with Gasteiger partial charge in [-0.25, -0.2) is 4.79 Å². The number of esters is 1. The molecule has 0 bridgehead atoms. The van der Waals surface area contributed by atoms with Crippen molar-refractivity contribution in [2.24, 2.45) is 5.11 Å². The summed E-state index contributed by atoms with van der Waals surface area (Å²) in [6.07, 6.45) is 3.76. The molecule has 0 saturated carbocycles. The molecule has 1 unspecified atom stereocenters. The van der Waals surface area contributed by atoms with Gasteiger partial charge in [0.05, 0.1) is 6.04 Å². The second-order valence-electron chi connectivity index (χ2n) is 5.36. The Morgan fingerprint density at radius 1 is 1.43 bits per heavy atom. The van der Waals surface area contributed by atoms with Crippen LogP contribution in [0.2, 0.25) is 0 Å². The Bertz CT molecular complexity index is 440. The molecule has 0 N–H and O–H groups in total. The zero-order chi connectivity index (χ0) is 17.1. The van der Waals surface area contributed by atoms with Gasteiger partial charge in [0, 0.05) is 24.4 Å². The van der Waals surface area contributed by atoms with Crippen LogP contribution < -0.4 is 0 Å². The van der Waals surface area contributed by atoms with Gasteiger partial charge < -0.3 is 14.4 Å². The van der Waals surface area contributed by atoms with Crippen molar-refractivity contribution in [2.75, 3.05) is 19.7 Å². The number of amides is 1. The van der Waals surface area contributed by atoms with Gasteiger partial charge in [0.25, 0.3) is 0 Å². The van der Waals surface area contributed by atoms with Crippen molar-refractivity contribution >= 4 is 23.7 Å². The topological polar surface area (TPSA) is 105 Å². The van der Waals surface area contributed by atoms with E-state index >= 15 is 0 Å². The highest BCUT2D eigenvalue weighted by Crippen LogP contribution is 2.19. The third-order valence-corrected chi connectivity index (χ3v) is 3.60. The fraction of sp³-hybridized carbons (Fsp3) is 0.857. The van der Waals surface area contributed by atoms with E-state index in [1.54, 1.807) is 11.8 Å². The highest BCUT2D eigenvalue weighted by Gasteiger charge is 2.31. The molecule has 1 aliphatic rings. The third kappa shape index (κ3) is 7.95. The minimum absolute atomic E-state index is 0.146. The molecule has 9 heteroatoms. The molecule has 2 atom stereocenters. The Morgan fingerprint density at radius 3 is 2.91 bits per heavy atom. The number of ether oxygens (including phenoxy) is 2. The number of unbranched alkanes of at least 4 members (excludes halogenated alkanes) is 2. The summed E-state index contributed by atoms with van der Waals surface area (Å²) in [5.41, 5.74) is 7.45. The lowest BCUT2D eigenvalue weighted by Crippen LogP contribution is -2.39. The van der Waals surface area contributed by atoms with Gasteiger partial charge in [-0.15, -0.1) is 0 Å². The summed E-state index contributed by atoms with van der Waals surface area (Å²) in [6.45, 7) is 2.80. The van der Waals surface area contributed by atoms with Crippen LogP contribution in [0, 0.1) is 0 Å². The number of carbonyl (C=O) groups is 2. The van der Waals surface area contributed by atoms with Gasteiger partial charge in [0.2, 0.25) is 0 Å². The number of carbonyl (C=O) groups excluding carboxylic acids is 2. The van der Waals surface area contributed by atoms with Crippen molar-refractivity contribution < 1.29 is 19.1 Å². The van der Waals surface area contributed by atoms with Crippen LogP contribution in [0.5, 0.6) is 0 Å². The second-order valence-corrected chi connectivity index (χ2v) is 5.98. The molecule has 1 rings (SSSR count). The first-order valence-corrected chi connectivity index (χ1v) is 8.26. The molecule has 1 saturated heterocycles. The minimum atomic E-state index is -0.684. The van der Waals surface area contributed by atoms with E-state index in [9.17, 15) is 9.59 Å². The monoisotopic (exact) mass is 346 g/mol. The number of azide groups is 1. The van der Waals surface area contributed by atoms with Crippen LogP contribution in [0.3, 0.4) is 0 Å². The van der Waals surface area contributed by atoms with Crippen molar-refractivity contribution in [1.82, 2.24) is 4.90 Å². The maximum absolute atomic E-state index is 11.9. The maximum atomic E-state index is 11.9. The third-order valence-electron chi connectivity index (χ3n) is 3.51. The molecule has 0 aromatic carbocycles. The minimum Gasteiger partial charge on any atom is -0.463 e. The van der Waals surface area contributed by atoms with E-state index in [0.717, 1.165) is 25.7 Å². The summed E-state index contributed by atoms with van der Waals surface area (Å²) >= 11 is 5.65. The van der Waals surface area contributed by atoms with E-state index in [-0.39, 0.29) is 18.6 Å². The van der Waals surface area contributed by atoms with E-state index in [1.807, 2.05) is 0 Å². The zero-order valence-electron chi connectivity index (χ0n) is 13.3. The molecule has 8 nitrogen and oxygen atoms in total. The predicted octanol–water partition coefficient (Wildman–Crippen LogP) is 3.59. The molecule has 1 aliphatic heterocycles. The second kappa shape index (κ2) is 11.0. The lowest BCUT2D eigenvalue weighted by molar-refractivity contribution is -0.145. The van der Waals surface area contributed by atoms with Crippen LogP contribution >= 0.6 is 11.6 Å². The molecule has 130 valence electrons. The molecular formula is C14H23ClN4O4. The Balaban J connectivity index is 2.21. The van der Waals surface area contributed by atoms with Crippen molar-refractivity contribution in [2.45, 2.75) is 57.1 Å². The van der Waals surface area contributed by atoms with Gasteiger partial charge in [-0.2, -0.15) is 0 Å². The summed E-state index contributed by atoms with van der Waals surface area (Å²) in [7, 11) is 0. The van der Waals surface area contributed by atoms with Gasteiger partial charge in [-0.1, -0.05) is 23.1 Å². The van der Waals surface area contributed by atoms with Crippen LogP contribution in [0.1, 0.15) is 45.4 Å². The molecule has 0 spiro atoms. The molecular weight excluding hydrogens is 324 g/mol. The van der Waals surface area contributed by atoms with Gasteiger partial charge in [-0.05, 0) is 38.1 Å². The zero-order valence-corrected chi connectivity index (χ0v) is 14.1. The Morgan fingerprint density at radius 2 is 2.22 bits per heavy atom. The smallest absolute Gasteiger partial charge is 0.411 e. The van der Waals surface area contributed by atoms with Gasteiger partial charge >= 0.3 is 12.1 Å². The number of hydrogen-bond donors (Lipinski definition) is 0. The molecule has 1 heterocycles.